The second-order valence-corrected chi connectivity index (χ2v) is 3.29. The summed E-state index contributed by atoms with van der Waals surface area (Å²) in [6.07, 6.45) is 5.82. The minimum absolute atomic E-state index is 1.18. The molecular formula is C10H18N2. The Morgan fingerprint density at radius 2 is 2.17 bits per heavy atom. The van der Waals surface area contributed by atoms with Crippen LogP contribution in [0.1, 0.15) is 25.5 Å². The number of hydrogen-bond acceptors (Lipinski definition) is 1. The molecule has 0 atom stereocenters. The number of hydrogen-bond donors (Lipinski definition) is 0. The van der Waals surface area contributed by atoms with Crippen LogP contribution in [0.4, 0.5) is 0 Å². The molecule has 2 heteroatoms. The monoisotopic (exact) mass is 166 g/mol. The number of aryl methyl sites for hydroxylation is 1. The summed E-state index contributed by atoms with van der Waals surface area (Å²) in [6, 6.07) is 4.29. The zero-order chi connectivity index (χ0) is 8.97. The molecule has 0 saturated carbocycles. The standard InChI is InChI=1S/C10H18N2/c1-4-5-7-10-8-6-9-12(10)11(2)3/h6,8-9H,4-5,7H2,1-3H3. The first-order valence-electron chi connectivity index (χ1n) is 4.59. The summed E-state index contributed by atoms with van der Waals surface area (Å²) in [6.45, 7) is 2.23. The van der Waals surface area contributed by atoms with Crippen LogP contribution >= 0.6 is 0 Å². The van der Waals surface area contributed by atoms with Gasteiger partial charge in [-0.05, 0) is 25.0 Å². The Balaban J connectivity index is 2.64. The lowest BCUT2D eigenvalue weighted by Gasteiger charge is -2.17. The average molecular weight is 166 g/mol. The summed E-state index contributed by atoms with van der Waals surface area (Å²) in [5.41, 5.74) is 1.40. The molecule has 0 aromatic carbocycles. The van der Waals surface area contributed by atoms with Crippen molar-refractivity contribution in [3.05, 3.63) is 24.0 Å². The fraction of sp³-hybridized carbons (Fsp3) is 0.600. The van der Waals surface area contributed by atoms with Crippen molar-refractivity contribution in [3.8, 4) is 0 Å². The number of aromatic nitrogens is 1. The molecule has 0 spiro atoms. The lowest BCUT2D eigenvalue weighted by atomic mass is 10.2. The summed E-state index contributed by atoms with van der Waals surface area (Å²) in [7, 11) is 4.13. The lowest BCUT2D eigenvalue weighted by molar-refractivity contribution is 0.664. The first-order chi connectivity index (χ1) is 5.75. The molecule has 2 nitrogen and oxygen atoms in total. The van der Waals surface area contributed by atoms with Gasteiger partial charge >= 0.3 is 0 Å². The Morgan fingerprint density at radius 3 is 2.75 bits per heavy atom. The van der Waals surface area contributed by atoms with E-state index in [9.17, 15) is 0 Å². The van der Waals surface area contributed by atoms with Crippen LogP contribution in [0.2, 0.25) is 0 Å². The molecule has 0 fully saturated rings. The van der Waals surface area contributed by atoms with Crippen molar-refractivity contribution in [2.45, 2.75) is 26.2 Å². The van der Waals surface area contributed by atoms with Crippen molar-refractivity contribution in [1.82, 2.24) is 4.68 Å². The van der Waals surface area contributed by atoms with E-state index in [1.54, 1.807) is 0 Å². The molecule has 0 aliphatic heterocycles. The lowest BCUT2D eigenvalue weighted by Crippen LogP contribution is -2.25. The van der Waals surface area contributed by atoms with Crippen molar-refractivity contribution in [1.29, 1.82) is 0 Å². The van der Waals surface area contributed by atoms with Gasteiger partial charge in [0.05, 0.1) is 0 Å². The van der Waals surface area contributed by atoms with Gasteiger partial charge in [0.15, 0.2) is 0 Å². The van der Waals surface area contributed by atoms with Gasteiger partial charge < -0.3 is 5.01 Å². The van der Waals surface area contributed by atoms with Crippen LogP contribution in [0.25, 0.3) is 0 Å². The van der Waals surface area contributed by atoms with Crippen LogP contribution in [-0.4, -0.2) is 18.8 Å². The van der Waals surface area contributed by atoms with Gasteiger partial charge in [0.1, 0.15) is 0 Å². The average Bonchev–Trinajstić information content (AvgIpc) is 2.48. The van der Waals surface area contributed by atoms with Gasteiger partial charge in [0.2, 0.25) is 0 Å². The number of nitrogens with zero attached hydrogens (tertiary/aromatic N) is 2. The molecule has 1 rings (SSSR count). The highest BCUT2D eigenvalue weighted by Gasteiger charge is 2.00. The zero-order valence-corrected chi connectivity index (χ0v) is 8.25. The maximum Gasteiger partial charge on any atom is 0.0396 e. The van der Waals surface area contributed by atoms with Crippen LogP contribution in [0.15, 0.2) is 18.3 Å². The molecule has 0 radical (unpaired) electrons. The van der Waals surface area contributed by atoms with E-state index in [1.165, 1.54) is 25.0 Å². The van der Waals surface area contributed by atoms with Crippen LogP contribution in [-0.2, 0) is 6.42 Å². The van der Waals surface area contributed by atoms with Gasteiger partial charge in [0.25, 0.3) is 0 Å². The molecule has 1 aromatic heterocycles. The molecule has 0 saturated heterocycles. The maximum absolute atomic E-state index is 2.23. The molecule has 1 aromatic rings. The summed E-state index contributed by atoms with van der Waals surface area (Å²) in [5.74, 6) is 0. The summed E-state index contributed by atoms with van der Waals surface area (Å²) >= 11 is 0. The molecule has 0 N–H and O–H groups in total. The van der Waals surface area contributed by atoms with Crippen LogP contribution in [0.3, 0.4) is 0 Å². The van der Waals surface area contributed by atoms with E-state index >= 15 is 0 Å². The predicted molar refractivity (Wildman–Crippen MR) is 53.1 cm³/mol. The Morgan fingerprint density at radius 1 is 1.42 bits per heavy atom. The number of unbranched alkanes of at least 4 members (excludes halogenated alkanes) is 1. The highest BCUT2D eigenvalue weighted by molar-refractivity contribution is 5.09. The van der Waals surface area contributed by atoms with Gasteiger partial charge in [-0.3, -0.25) is 4.68 Å². The van der Waals surface area contributed by atoms with Gasteiger partial charge in [-0.2, -0.15) is 0 Å². The molecule has 12 heavy (non-hydrogen) atoms. The molecule has 1 heterocycles. The van der Waals surface area contributed by atoms with Crippen LogP contribution in [0.5, 0.6) is 0 Å². The third-order valence-electron chi connectivity index (χ3n) is 2.03. The van der Waals surface area contributed by atoms with E-state index in [2.05, 4.69) is 49.0 Å². The first-order valence-corrected chi connectivity index (χ1v) is 4.59. The van der Waals surface area contributed by atoms with E-state index < -0.39 is 0 Å². The largest absolute Gasteiger partial charge is 0.319 e. The molecule has 0 aliphatic rings. The Labute approximate surface area is 74.8 Å². The second kappa shape index (κ2) is 4.19. The van der Waals surface area contributed by atoms with E-state index in [0.29, 0.717) is 0 Å². The smallest absolute Gasteiger partial charge is 0.0396 e. The number of rotatable bonds is 4. The second-order valence-electron chi connectivity index (χ2n) is 3.29. The van der Waals surface area contributed by atoms with Crippen LogP contribution < -0.4 is 5.01 Å². The zero-order valence-electron chi connectivity index (χ0n) is 8.25. The quantitative estimate of drug-likeness (QED) is 0.664. The summed E-state index contributed by atoms with van der Waals surface area (Å²) in [4.78, 5) is 0. The predicted octanol–water partition coefficient (Wildman–Crippen LogP) is 2.03. The van der Waals surface area contributed by atoms with Crippen LogP contribution in [0, 0.1) is 0 Å². The molecule has 0 unspecified atom stereocenters. The van der Waals surface area contributed by atoms with E-state index in [1.807, 2.05) is 0 Å². The molecule has 0 bridgehead atoms. The third-order valence-corrected chi connectivity index (χ3v) is 2.03. The normalized spacial score (nSPS) is 10.2. The van der Waals surface area contributed by atoms with E-state index in [4.69, 9.17) is 0 Å². The minimum Gasteiger partial charge on any atom is -0.319 e. The van der Waals surface area contributed by atoms with Gasteiger partial charge in [0, 0.05) is 26.0 Å². The SMILES string of the molecule is CCCCc1cccn1N(C)C. The Hall–Kier alpha value is -0.920. The molecular weight excluding hydrogens is 148 g/mol. The molecule has 0 amide bonds. The van der Waals surface area contributed by atoms with Crippen molar-refractivity contribution in [2.75, 3.05) is 19.1 Å². The van der Waals surface area contributed by atoms with E-state index in [-0.39, 0.29) is 0 Å². The van der Waals surface area contributed by atoms with Crippen molar-refractivity contribution >= 4 is 0 Å². The summed E-state index contributed by atoms with van der Waals surface area (Å²) in [5, 5.41) is 2.10. The van der Waals surface area contributed by atoms with Crippen molar-refractivity contribution in [2.24, 2.45) is 0 Å². The third kappa shape index (κ3) is 2.03. The minimum atomic E-state index is 1.18. The van der Waals surface area contributed by atoms with Crippen molar-refractivity contribution in [3.63, 3.8) is 0 Å². The van der Waals surface area contributed by atoms with E-state index in [0.717, 1.165) is 0 Å². The Kier molecular flexibility index (Phi) is 3.20. The fourth-order valence-electron chi connectivity index (χ4n) is 1.35. The van der Waals surface area contributed by atoms with Gasteiger partial charge in [-0.25, -0.2) is 0 Å². The fourth-order valence-corrected chi connectivity index (χ4v) is 1.35. The topological polar surface area (TPSA) is 8.17 Å². The molecule has 68 valence electrons. The highest BCUT2D eigenvalue weighted by atomic mass is 15.5. The maximum atomic E-state index is 2.23. The Bertz CT molecular complexity index is 225. The van der Waals surface area contributed by atoms with Gasteiger partial charge in [-0.15, -0.1) is 0 Å². The first kappa shape index (κ1) is 9.17. The van der Waals surface area contributed by atoms with Crippen molar-refractivity contribution < 1.29 is 0 Å². The van der Waals surface area contributed by atoms with Gasteiger partial charge in [-0.1, -0.05) is 13.3 Å². The highest BCUT2D eigenvalue weighted by Crippen LogP contribution is 2.06. The molecule has 0 aliphatic carbocycles. The summed E-state index contributed by atoms with van der Waals surface area (Å²) < 4.78 is 2.19.